The van der Waals surface area contributed by atoms with Gasteiger partial charge >= 0.3 is 0 Å². The van der Waals surface area contributed by atoms with Crippen molar-refractivity contribution in [2.75, 3.05) is 13.1 Å². The number of hydrogen-bond donors (Lipinski definition) is 2. The molecule has 0 aromatic heterocycles. The lowest BCUT2D eigenvalue weighted by molar-refractivity contribution is 0.167. The summed E-state index contributed by atoms with van der Waals surface area (Å²) in [5.41, 5.74) is 2.92. The number of nitrogens with one attached hydrogen (secondary N) is 1. The molecular formula is C29H32Cl2N4O. The number of allylic oxidation sites excluding steroid dienone is 2. The van der Waals surface area contributed by atoms with Gasteiger partial charge in [0.05, 0.1) is 6.04 Å². The van der Waals surface area contributed by atoms with E-state index >= 15 is 0 Å². The highest BCUT2D eigenvalue weighted by molar-refractivity contribution is 6.30. The molecule has 5 nitrogen and oxygen atoms in total. The molecule has 2 aliphatic rings. The van der Waals surface area contributed by atoms with Crippen molar-refractivity contribution in [2.45, 2.75) is 44.8 Å². The second-order valence-electron chi connectivity index (χ2n) is 9.73. The van der Waals surface area contributed by atoms with Crippen LogP contribution in [0.15, 0.2) is 77.5 Å². The van der Waals surface area contributed by atoms with E-state index in [-0.39, 0.29) is 11.8 Å². The summed E-state index contributed by atoms with van der Waals surface area (Å²) >= 11 is 12.2. The van der Waals surface area contributed by atoms with E-state index in [0.717, 1.165) is 49.1 Å². The van der Waals surface area contributed by atoms with Crippen molar-refractivity contribution in [3.05, 3.63) is 93.7 Å². The summed E-state index contributed by atoms with van der Waals surface area (Å²) in [7, 11) is 0. The van der Waals surface area contributed by atoms with Gasteiger partial charge in [-0.05, 0) is 85.5 Å². The van der Waals surface area contributed by atoms with Crippen LogP contribution in [0.4, 0.5) is 0 Å². The van der Waals surface area contributed by atoms with E-state index in [0.29, 0.717) is 17.5 Å². The number of halogens is 2. The molecule has 2 aliphatic carbocycles. The fraction of sp³-hybridized carbons (Fsp3) is 0.379. The molecule has 2 aromatic carbocycles. The van der Waals surface area contributed by atoms with Crippen LogP contribution in [0, 0.1) is 23.3 Å². The second kappa shape index (κ2) is 13.1. The number of nitriles is 1. The summed E-state index contributed by atoms with van der Waals surface area (Å²) in [6, 6.07) is 16.0. The van der Waals surface area contributed by atoms with Gasteiger partial charge in [-0.15, -0.1) is 0 Å². The van der Waals surface area contributed by atoms with Gasteiger partial charge in [0.25, 0.3) is 0 Å². The molecule has 2 aromatic rings. The largest absolute Gasteiger partial charge is 0.506 e. The highest BCUT2D eigenvalue weighted by Crippen LogP contribution is 2.30. The lowest BCUT2D eigenvalue weighted by Gasteiger charge is -2.33. The zero-order valence-electron chi connectivity index (χ0n) is 20.3. The van der Waals surface area contributed by atoms with Gasteiger partial charge in [-0.2, -0.15) is 10.3 Å². The van der Waals surface area contributed by atoms with Gasteiger partial charge in [0, 0.05) is 29.7 Å². The van der Waals surface area contributed by atoms with Gasteiger partial charge in [-0.25, -0.2) is 0 Å². The van der Waals surface area contributed by atoms with E-state index in [9.17, 15) is 5.11 Å². The Morgan fingerprint density at radius 3 is 2.03 bits per heavy atom. The molecule has 0 aliphatic heterocycles. The maximum atomic E-state index is 10.0. The van der Waals surface area contributed by atoms with Crippen LogP contribution < -0.4 is 5.32 Å². The Labute approximate surface area is 223 Å². The van der Waals surface area contributed by atoms with Gasteiger partial charge in [0.1, 0.15) is 11.5 Å². The average molecular weight is 524 g/mol. The number of nitrogens with zero attached hydrogens (tertiary/aromatic N) is 3. The number of hydrogen-bond acceptors (Lipinski definition) is 5. The van der Waals surface area contributed by atoms with Crippen LogP contribution in [-0.4, -0.2) is 34.8 Å². The Kier molecular flexibility index (Phi) is 9.60. The Morgan fingerprint density at radius 1 is 0.917 bits per heavy atom. The lowest BCUT2D eigenvalue weighted by atomic mass is 9.81. The molecule has 0 saturated heterocycles. The molecule has 7 heteroatoms. The van der Waals surface area contributed by atoms with Crippen LogP contribution in [0.1, 0.15) is 36.8 Å². The number of benzene rings is 2. The first kappa shape index (κ1) is 26.4. The van der Waals surface area contributed by atoms with Crippen molar-refractivity contribution in [1.29, 1.82) is 5.26 Å². The Bertz CT molecular complexity index is 1080. The summed E-state index contributed by atoms with van der Waals surface area (Å²) in [4.78, 5) is 6.33. The first-order valence-electron chi connectivity index (χ1n) is 12.5. The first-order chi connectivity index (χ1) is 17.5. The molecule has 1 atom stereocenters. The van der Waals surface area contributed by atoms with Crippen molar-refractivity contribution >= 4 is 28.9 Å². The van der Waals surface area contributed by atoms with Crippen LogP contribution in [0.3, 0.4) is 0 Å². The fourth-order valence-corrected chi connectivity index (χ4v) is 5.35. The zero-order chi connectivity index (χ0) is 25.3. The highest BCUT2D eigenvalue weighted by Gasteiger charge is 2.25. The van der Waals surface area contributed by atoms with E-state index in [1.165, 1.54) is 24.0 Å². The van der Waals surface area contributed by atoms with E-state index in [4.69, 9.17) is 28.5 Å². The van der Waals surface area contributed by atoms with Gasteiger partial charge in [0.2, 0.25) is 6.19 Å². The van der Waals surface area contributed by atoms with Crippen molar-refractivity contribution in [2.24, 2.45) is 16.8 Å². The average Bonchev–Trinajstić information content (AvgIpc) is 2.88. The summed E-state index contributed by atoms with van der Waals surface area (Å²) in [5.74, 6) is 1.28. The Morgan fingerprint density at radius 2 is 1.47 bits per heavy atom. The van der Waals surface area contributed by atoms with Gasteiger partial charge in [0.15, 0.2) is 0 Å². The van der Waals surface area contributed by atoms with Crippen LogP contribution in [0.25, 0.3) is 0 Å². The zero-order valence-corrected chi connectivity index (χ0v) is 21.8. The SMILES string of the molecule is N#CN=C1C(O)=CC=CC1NCC1CCC(CN(Cc2ccc(Cl)cc2)Cc2ccc(Cl)cc2)CC1. The minimum atomic E-state index is -0.221. The summed E-state index contributed by atoms with van der Waals surface area (Å²) in [6.45, 7) is 3.66. The summed E-state index contributed by atoms with van der Waals surface area (Å²) in [6.07, 6.45) is 11.8. The number of aliphatic hydroxyl groups excluding tert-OH is 1. The first-order valence-corrected chi connectivity index (χ1v) is 13.2. The standard InChI is InChI=1S/C29H32Cl2N4O/c30-25-12-8-23(9-13-25)18-35(19-24-10-14-26(31)15-11-24)17-22-6-4-21(5-7-22)16-33-27-2-1-3-28(36)29(27)34-20-32/h1-3,8-15,21-22,27,33,36H,4-7,16-19H2. The Hall–Kier alpha value is -2.62. The van der Waals surface area contributed by atoms with E-state index < -0.39 is 0 Å². The van der Waals surface area contributed by atoms with Crippen LogP contribution in [-0.2, 0) is 13.1 Å². The third-order valence-corrected chi connectivity index (χ3v) is 7.54. The molecule has 2 N–H and O–H groups in total. The number of aliphatic imine (C=N–C) groups is 1. The fourth-order valence-electron chi connectivity index (χ4n) is 5.10. The monoisotopic (exact) mass is 522 g/mol. The van der Waals surface area contributed by atoms with Gasteiger partial charge < -0.3 is 10.4 Å². The normalized spacial score (nSPS) is 23.0. The summed E-state index contributed by atoms with van der Waals surface area (Å²) < 4.78 is 0. The van der Waals surface area contributed by atoms with E-state index in [1.807, 2.05) is 30.3 Å². The van der Waals surface area contributed by atoms with Crippen LogP contribution in [0.2, 0.25) is 10.0 Å². The van der Waals surface area contributed by atoms with Gasteiger partial charge in [-0.3, -0.25) is 4.90 Å². The minimum Gasteiger partial charge on any atom is -0.506 e. The Balaban J connectivity index is 1.31. The lowest BCUT2D eigenvalue weighted by Crippen LogP contribution is -2.41. The second-order valence-corrected chi connectivity index (χ2v) is 10.6. The van der Waals surface area contributed by atoms with E-state index in [2.05, 4.69) is 39.5 Å². The molecule has 0 amide bonds. The minimum absolute atomic E-state index is 0.0572. The molecular weight excluding hydrogens is 491 g/mol. The highest BCUT2D eigenvalue weighted by atomic mass is 35.5. The molecule has 0 spiro atoms. The molecule has 36 heavy (non-hydrogen) atoms. The molecule has 0 radical (unpaired) electrons. The van der Waals surface area contributed by atoms with Crippen molar-refractivity contribution in [3.63, 3.8) is 0 Å². The maximum Gasteiger partial charge on any atom is 0.206 e. The van der Waals surface area contributed by atoms with Crippen LogP contribution in [0.5, 0.6) is 0 Å². The van der Waals surface area contributed by atoms with Crippen molar-refractivity contribution < 1.29 is 5.11 Å². The molecule has 188 valence electrons. The third-order valence-electron chi connectivity index (χ3n) is 7.03. The van der Waals surface area contributed by atoms with Crippen molar-refractivity contribution in [1.82, 2.24) is 10.2 Å². The number of rotatable bonds is 9. The molecule has 1 unspecified atom stereocenters. The molecule has 0 heterocycles. The molecule has 4 rings (SSSR count). The topological polar surface area (TPSA) is 71.6 Å². The number of aliphatic hydroxyl groups is 1. The molecule has 0 bridgehead atoms. The predicted octanol–water partition coefficient (Wildman–Crippen LogP) is 6.69. The molecule has 1 saturated carbocycles. The predicted molar refractivity (Wildman–Crippen MR) is 147 cm³/mol. The quantitative estimate of drug-likeness (QED) is 0.359. The summed E-state index contributed by atoms with van der Waals surface area (Å²) in [5, 5.41) is 24.0. The van der Waals surface area contributed by atoms with E-state index in [1.54, 1.807) is 18.3 Å². The van der Waals surface area contributed by atoms with Crippen molar-refractivity contribution in [3.8, 4) is 6.19 Å². The van der Waals surface area contributed by atoms with Gasteiger partial charge in [-0.1, -0.05) is 59.6 Å². The maximum absolute atomic E-state index is 10.0. The van der Waals surface area contributed by atoms with Crippen LogP contribution >= 0.6 is 23.2 Å². The third kappa shape index (κ3) is 7.69. The molecule has 1 fully saturated rings. The smallest absolute Gasteiger partial charge is 0.206 e.